The van der Waals surface area contributed by atoms with Gasteiger partial charge in [0.2, 0.25) is 0 Å². The monoisotopic (exact) mass is 293 g/mol. The van der Waals surface area contributed by atoms with Crippen molar-refractivity contribution in [3.63, 3.8) is 0 Å². The van der Waals surface area contributed by atoms with Crippen LogP contribution in [-0.2, 0) is 0 Å². The number of hydrogen-bond donors (Lipinski definition) is 0. The smallest absolute Gasteiger partial charge is 0.122 e. The Morgan fingerprint density at radius 2 is 1.79 bits per heavy atom. The van der Waals surface area contributed by atoms with Gasteiger partial charge in [-0.15, -0.1) is 0 Å². The van der Waals surface area contributed by atoms with Crippen LogP contribution in [0.4, 0.5) is 5.69 Å². The summed E-state index contributed by atoms with van der Waals surface area (Å²) in [5.74, 6) is 0. The van der Waals surface area contributed by atoms with Crippen molar-refractivity contribution in [1.29, 1.82) is 0 Å². The molecule has 0 aliphatic heterocycles. The Bertz CT molecular complexity index is 458. The van der Waals surface area contributed by atoms with E-state index >= 15 is 0 Å². The van der Waals surface area contributed by atoms with E-state index in [1.807, 2.05) is 6.08 Å². The van der Waals surface area contributed by atoms with E-state index in [4.69, 9.17) is 0 Å². The fourth-order valence-electron chi connectivity index (χ4n) is 1.49. The van der Waals surface area contributed by atoms with Crippen molar-refractivity contribution in [3.8, 4) is 0 Å². The lowest BCUT2D eigenvalue weighted by Gasteiger charge is -2.36. The Labute approximate surface area is 123 Å². The molecule has 0 aliphatic carbocycles. The van der Waals surface area contributed by atoms with Crippen LogP contribution >= 0.6 is 11.2 Å². The van der Waals surface area contributed by atoms with Gasteiger partial charge in [0.1, 0.15) is 7.22 Å². The maximum Gasteiger partial charge on any atom is 0.122 e. The van der Waals surface area contributed by atoms with Crippen LogP contribution < -0.4 is 4.90 Å². The maximum atomic E-state index is 3.97. The van der Waals surface area contributed by atoms with Gasteiger partial charge in [-0.05, 0) is 28.8 Å². The van der Waals surface area contributed by atoms with Gasteiger partial charge < -0.3 is 4.90 Å². The lowest BCUT2D eigenvalue weighted by Crippen LogP contribution is -2.33. The minimum Gasteiger partial charge on any atom is -0.378 e. The second kappa shape index (κ2) is 5.76. The standard InChI is InChI=1S/C16H27NSSi/c1-9-13-12-14(17(5)6)10-11-15(13)18-19(7,8)16(2,3)4/h9-12H,1H2,2-8H3. The molecule has 1 aromatic rings. The molecule has 19 heavy (non-hydrogen) atoms. The van der Waals surface area contributed by atoms with Gasteiger partial charge in [0.25, 0.3) is 0 Å². The summed E-state index contributed by atoms with van der Waals surface area (Å²) in [6.45, 7) is 15.9. The summed E-state index contributed by atoms with van der Waals surface area (Å²) in [7, 11) is 2.76. The number of hydrogen-bond acceptors (Lipinski definition) is 2. The first-order chi connectivity index (χ1) is 8.58. The highest BCUT2D eigenvalue weighted by atomic mass is 32.4. The molecule has 0 unspecified atom stereocenters. The molecule has 0 aromatic heterocycles. The lowest BCUT2D eigenvalue weighted by molar-refractivity contribution is 0.736. The summed E-state index contributed by atoms with van der Waals surface area (Å²) in [5, 5.41) is 0.385. The molecule has 0 heterocycles. The van der Waals surface area contributed by atoms with Crippen molar-refractivity contribution in [1.82, 2.24) is 0 Å². The SMILES string of the molecule is C=Cc1cc(N(C)C)ccc1S[Si](C)(C)C(C)(C)C. The Morgan fingerprint density at radius 3 is 2.21 bits per heavy atom. The Kier molecular flexibility index (Phi) is 4.96. The van der Waals surface area contributed by atoms with Gasteiger partial charge in [-0.25, -0.2) is 0 Å². The van der Waals surface area contributed by atoms with Crippen LogP contribution in [0.3, 0.4) is 0 Å². The zero-order valence-corrected chi connectivity index (χ0v) is 15.2. The molecule has 0 spiro atoms. The second-order valence-electron chi connectivity index (χ2n) is 6.68. The van der Waals surface area contributed by atoms with Crippen LogP contribution in [0.1, 0.15) is 26.3 Å². The van der Waals surface area contributed by atoms with E-state index in [-0.39, 0.29) is 0 Å². The van der Waals surface area contributed by atoms with Crippen molar-refractivity contribution in [3.05, 3.63) is 30.3 Å². The van der Waals surface area contributed by atoms with Crippen molar-refractivity contribution >= 4 is 30.2 Å². The van der Waals surface area contributed by atoms with E-state index in [2.05, 4.69) is 88.8 Å². The third-order valence-corrected chi connectivity index (χ3v) is 12.6. The summed E-state index contributed by atoms with van der Waals surface area (Å²) in [6, 6.07) is 6.67. The van der Waals surface area contributed by atoms with Gasteiger partial charge in [-0.2, -0.15) is 11.2 Å². The average Bonchev–Trinajstić information content (AvgIpc) is 2.27. The minimum atomic E-state index is -1.38. The molecule has 0 saturated heterocycles. The zero-order valence-electron chi connectivity index (χ0n) is 13.4. The molecular formula is C16H27NSSi. The first kappa shape index (κ1) is 16.4. The Morgan fingerprint density at radius 1 is 1.21 bits per heavy atom. The molecule has 0 N–H and O–H groups in total. The van der Waals surface area contributed by atoms with Crippen molar-refractivity contribution in [2.45, 2.75) is 43.8 Å². The van der Waals surface area contributed by atoms with Gasteiger partial charge >= 0.3 is 0 Å². The molecule has 106 valence electrons. The van der Waals surface area contributed by atoms with Crippen molar-refractivity contribution in [2.75, 3.05) is 19.0 Å². The molecular weight excluding hydrogens is 266 g/mol. The van der Waals surface area contributed by atoms with Gasteiger partial charge in [0, 0.05) is 24.7 Å². The Hall–Kier alpha value is -0.673. The fourth-order valence-corrected chi connectivity index (χ4v) is 5.87. The van der Waals surface area contributed by atoms with Crippen LogP contribution in [0.25, 0.3) is 6.08 Å². The van der Waals surface area contributed by atoms with Crippen LogP contribution in [0, 0.1) is 0 Å². The van der Waals surface area contributed by atoms with Gasteiger partial charge in [-0.3, -0.25) is 0 Å². The largest absolute Gasteiger partial charge is 0.378 e. The zero-order chi connectivity index (χ0) is 14.8. The van der Waals surface area contributed by atoms with Gasteiger partial charge in [-0.1, -0.05) is 46.5 Å². The third-order valence-electron chi connectivity index (χ3n) is 3.90. The van der Waals surface area contributed by atoms with Crippen molar-refractivity contribution < 1.29 is 0 Å². The number of rotatable bonds is 4. The first-order valence-electron chi connectivity index (χ1n) is 6.71. The topological polar surface area (TPSA) is 3.24 Å². The predicted molar refractivity (Wildman–Crippen MR) is 93.9 cm³/mol. The highest BCUT2D eigenvalue weighted by Gasteiger charge is 2.36. The molecule has 0 fully saturated rings. The molecule has 0 amide bonds. The molecule has 0 atom stereocenters. The van der Waals surface area contributed by atoms with E-state index in [1.54, 1.807) is 0 Å². The molecule has 1 rings (SSSR count). The van der Waals surface area contributed by atoms with Gasteiger partial charge in [0.05, 0.1) is 0 Å². The molecule has 1 nitrogen and oxygen atoms in total. The van der Waals surface area contributed by atoms with Crippen LogP contribution in [0.2, 0.25) is 18.1 Å². The maximum absolute atomic E-state index is 3.97. The normalized spacial score (nSPS) is 12.4. The van der Waals surface area contributed by atoms with E-state index in [0.29, 0.717) is 5.04 Å². The molecule has 0 aliphatic rings. The quantitative estimate of drug-likeness (QED) is 0.675. The molecule has 3 heteroatoms. The third kappa shape index (κ3) is 3.89. The summed E-state index contributed by atoms with van der Waals surface area (Å²) >= 11 is 2.07. The van der Waals surface area contributed by atoms with Crippen LogP contribution in [-0.4, -0.2) is 21.3 Å². The lowest BCUT2D eigenvalue weighted by atomic mass is 10.2. The summed E-state index contributed by atoms with van der Waals surface area (Å²) in [4.78, 5) is 3.50. The fraction of sp³-hybridized carbons (Fsp3) is 0.500. The molecule has 0 bridgehead atoms. The number of nitrogens with zero attached hydrogens (tertiary/aromatic N) is 1. The second-order valence-corrected chi connectivity index (χ2v) is 15.5. The summed E-state index contributed by atoms with van der Waals surface area (Å²) in [6.07, 6.45) is 1.97. The van der Waals surface area contributed by atoms with E-state index in [0.717, 1.165) is 0 Å². The Balaban J connectivity index is 3.12. The van der Waals surface area contributed by atoms with Crippen LogP contribution in [0.15, 0.2) is 29.7 Å². The number of anilines is 1. The summed E-state index contributed by atoms with van der Waals surface area (Å²) in [5.41, 5.74) is 2.48. The first-order valence-corrected chi connectivity index (χ1v) is 11.3. The minimum absolute atomic E-state index is 0.385. The van der Waals surface area contributed by atoms with Gasteiger partial charge in [0.15, 0.2) is 0 Å². The highest BCUT2D eigenvalue weighted by Crippen LogP contribution is 2.47. The summed E-state index contributed by atoms with van der Waals surface area (Å²) < 4.78 is 0. The van der Waals surface area contributed by atoms with E-state index < -0.39 is 7.22 Å². The van der Waals surface area contributed by atoms with Crippen LogP contribution in [0.5, 0.6) is 0 Å². The molecule has 1 aromatic carbocycles. The molecule has 0 saturated carbocycles. The van der Waals surface area contributed by atoms with E-state index in [1.165, 1.54) is 16.1 Å². The molecule has 0 radical (unpaired) electrons. The predicted octanol–water partition coefficient (Wildman–Crippen LogP) is 5.49. The number of benzene rings is 1. The average molecular weight is 294 g/mol. The van der Waals surface area contributed by atoms with E-state index in [9.17, 15) is 0 Å². The highest BCUT2D eigenvalue weighted by molar-refractivity contribution is 8.29. The van der Waals surface area contributed by atoms with Crippen molar-refractivity contribution in [2.24, 2.45) is 0 Å².